The maximum atomic E-state index is 10.8. The predicted octanol–water partition coefficient (Wildman–Crippen LogP) is 1.59. The summed E-state index contributed by atoms with van der Waals surface area (Å²) in [4.78, 5) is 15.1. The van der Waals surface area contributed by atoms with Crippen molar-refractivity contribution in [2.45, 2.75) is 32.4 Å². The van der Waals surface area contributed by atoms with Gasteiger partial charge in [-0.1, -0.05) is 6.07 Å². The molecule has 0 saturated carbocycles. The van der Waals surface area contributed by atoms with Gasteiger partial charge in [0.1, 0.15) is 4.60 Å². The molecule has 0 aromatic carbocycles. The number of hydrogen-bond donors (Lipinski definition) is 2. The zero-order valence-corrected chi connectivity index (χ0v) is 11.0. The van der Waals surface area contributed by atoms with Gasteiger partial charge in [-0.25, -0.2) is 4.98 Å². The van der Waals surface area contributed by atoms with Gasteiger partial charge in [0.15, 0.2) is 0 Å². The minimum atomic E-state index is -0.310. The first kappa shape index (κ1) is 13.1. The van der Waals surface area contributed by atoms with Crippen molar-refractivity contribution in [3.63, 3.8) is 0 Å². The largest absolute Gasteiger partial charge is 0.370 e. The highest BCUT2D eigenvalue weighted by Crippen LogP contribution is 2.10. The second kappa shape index (κ2) is 5.41. The van der Waals surface area contributed by atoms with E-state index in [0.29, 0.717) is 13.0 Å². The number of aromatic nitrogens is 1. The molecule has 0 aliphatic heterocycles. The maximum Gasteiger partial charge on any atom is 0.219 e. The summed E-state index contributed by atoms with van der Waals surface area (Å²) in [5.74, 6) is -0.306. The number of carbonyl (C=O) groups excluding carboxylic acids is 1. The Hall–Kier alpha value is -0.940. The lowest BCUT2D eigenvalue weighted by atomic mass is 10.0. The van der Waals surface area contributed by atoms with Crippen molar-refractivity contribution in [3.05, 3.63) is 28.5 Å². The minimum absolute atomic E-state index is 0.306. The van der Waals surface area contributed by atoms with Crippen molar-refractivity contribution < 1.29 is 4.79 Å². The van der Waals surface area contributed by atoms with Gasteiger partial charge < -0.3 is 11.1 Å². The monoisotopic (exact) mass is 285 g/mol. The molecule has 0 fully saturated rings. The van der Waals surface area contributed by atoms with Crippen LogP contribution in [-0.2, 0) is 11.3 Å². The van der Waals surface area contributed by atoms with Crippen molar-refractivity contribution in [1.82, 2.24) is 10.3 Å². The van der Waals surface area contributed by atoms with E-state index in [4.69, 9.17) is 5.73 Å². The molecule has 0 saturated heterocycles. The SMILES string of the molecule is CC(C)(CC(N)=O)NCc1cccc(Br)n1. The van der Waals surface area contributed by atoms with Crippen LogP contribution in [0.2, 0.25) is 0 Å². The van der Waals surface area contributed by atoms with Gasteiger partial charge in [0.25, 0.3) is 0 Å². The summed E-state index contributed by atoms with van der Waals surface area (Å²) >= 11 is 3.31. The molecule has 1 aromatic rings. The molecule has 16 heavy (non-hydrogen) atoms. The van der Waals surface area contributed by atoms with E-state index in [2.05, 4.69) is 26.2 Å². The zero-order chi connectivity index (χ0) is 12.2. The van der Waals surface area contributed by atoms with Crippen LogP contribution in [0.15, 0.2) is 22.8 Å². The van der Waals surface area contributed by atoms with Crippen LogP contribution in [0.5, 0.6) is 0 Å². The Morgan fingerprint density at radius 3 is 2.81 bits per heavy atom. The fourth-order valence-electron chi connectivity index (χ4n) is 1.38. The number of rotatable bonds is 5. The first-order chi connectivity index (χ1) is 7.39. The van der Waals surface area contributed by atoms with Crippen LogP contribution in [0.3, 0.4) is 0 Å². The maximum absolute atomic E-state index is 10.8. The first-order valence-electron chi connectivity index (χ1n) is 5.04. The van der Waals surface area contributed by atoms with Gasteiger partial charge in [0, 0.05) is 18.5 Å². The van der Waals surface area contributed by atoms with Crippen LogP contribution >= 0.6 is 15.9 Å². The smallest absolute Gasteiger partial charge is 0.219 e. The number of nitrogens with two attached hydrogens (primary N) is 1. The van der Waals surface area contributed by atoms with Crippen LogP contribution in [0, 0.1) is 0 Å². The number of nitrogens with one attached hydrogen (secondary N) is 1. The van der Waals surface area contributed by atoms with E-state index < -0.39 is 0 Å². The summed E-state index contributed by atoms with van der Waals surface area (Å²) in [5, 5.41) is 3.25. The molecule has 0 spiro atoms. The summed E-state index contributed by atoms with van der Waals surface area (Å²) in [6, 6.07) is 5.73. The standard InChI is InChI=1S/C11H16BrN3O/c1-11(2,6-10(13)16)14-7-8-4-3-5-9(12)15-8/h3-5,14H,6-7H2,1-2H3,(H2,13,16). The van der Waals surface area contributed by atoms with Gasteiger partial charge in [-0.05, 0) is 41.9 Å². The fourth-order valence-corrected chi connectivity index (χ4v) is 1.76. The van der Waals surface area contributed by atoms with E-state index in [9.17, 15) is 4.79 Å². The molecule has 0 atom stereocenters. The number of halogens is 1. The molecule has 1 rings (SSSR count). The van der Waals surface area contributed by atoms with Gasteiger partial charge in [-0.3, -0.25) is 4.79 Å². The summed E-state index contributed by atoms with van der Waals surface area (Å²) in [6.07, 6.45) is 0.307. The Kier molecular flexibility index (Phi) is 4.44. The van der Waals surface area contributed by atoms with Crippen molar-refractivity contribution in [3.8, 4) is 0 Å². The lowest BCUT2D eigenvalue weighted by Gasteiger charge is -2.24. The number of carbonyl (C=O) groups is 1. The van der Waals surface area contributed by atoms with E-state index in [-0.39, 0.29) is 11.4 Å². The highest BCUT2D eigenvalue weighted by molar-refractivity contribution is 9.10. The summed E-state index contributed by atoms with van der Waals surface area (Å²) in [5.41, 5.74) is 5.78. The van der Waals surface area contributed by atoms with Crippen LogP contribution in [0.1, 0.15) is 26.0 Å². The Bertz CT molecular complexity index is 379. The number of nitrogens with zero attached hydrogens (tertiary/aromatic N) is 1. The molecule has 0 bridgehead atoms. The highest BCUT2D eigenvalue weighted by Gasteiger charge is 2.19. The number of amides is 1. The van der Waals surface area contributed by atoms with Crippen LogP contribution < -0.4 is 11.1 Å². The molecule has 3 N–H and O–H groups in total. The molecule has 0 radical (unpaired) electrons. The van der Waals surface area contributed by atoms with Crippen LogP contribution in [-0.4, -0.2) is 16.4 Å². The normalized spacial score (nSPS) is 11.4. The molecular weight excluding hydrogens is 270 g/mol. The molecule has 4 nitrogen and oxygen atoms in total. The first-order valence-corrected chi connectivity index (χ1v) is 5.83. The Balaban J connectivity index is 2.54. The lowest BCUT2D eigenvalue weighted by Crippen LogP contribution is -2.42. The van der Waals surface area contributed by atoms with Crippen LogP contribution in [0.4, 0.5) is 0 Å². The average Bonchev–Trinajstić information content (AvgIpc) is 2.13. The second-order valence-electron chi connectivity index (χ2n) is 4.33. The molecular formula is C11H16BrN3O. The van der Waals surface area contributed by atoms with Gasteiger partial charge in [-0.2, -0.15) is 0 Å². The van der Waals surface area contributed by atoms with Gasteiger partial charge in [-0.15, -0.1) is 0 Å². The third-order valence-electron chi connectivity index (χ3n) is 2.14. The number of pyridine rings is 1. The molecule has 0 aliphatic carbocycles. The van der Waals surface area contributed by atoms with E-state index >= 15 is 0 Å². The topological polar surface area (TPSA) is 68.0 Å². The van der Waals surface area contributed by atoms with Crippen molar-refractivity contribution in [1.29, 1.82) is 0 Å². The Morgan fingerprint density at radius 2 is 2.25 bits per heavy atom. The minimum Gasteiger partial charge on any atom is -0.370 e. The third-order valence-corrected chi connectivity index (χ3v) is 2.58. The Labute approximate surface area is 104 Å². The fraction of sp³-hybridized carbons (Fsp3) is 0.455. The third kappa shape index (κ3) is 4.72. The van der Waals surface area contributed by atoms with E-state index in [1.54, 1.807) is 0 Å². The average molecular weight is 286 g/mol. The van der Waals surface area contributed by atoms with Crippen molar-refractivity contribution >= 4 is 21.8 Å². The number of hydrogen-bond acceptors (Lipinski definition) is 3. The highest BCUT2D eigenvalue weighted by atomic mass is 79.9. The summed E-state index contributed by atoms with van der Waals surface area (Å²) in [7, 11) is 0. The van der Waals surface area contributed by atoms with Gasteiger partial charge >= 0.3 is 0 Å². The molecule has 1 aromatic heterocycles. The molecule has 5 heteroatoms. The Morgan fingerprint density at radius 1 is 1.56 bits per heavy atom. The molecule has 1 amide bonds. The molecule has 88 valence electrons. The molecule has 1 heterocycles. The van der Waals surface area contributed by atoms with Crippen LogP contribution in [0.25, 0.3) is 0 Å². The molecule has 0 unspecified atom stereocenters. The van der Waals surface area contributed by atoms with E-state index in [1.165, 1.54) is 0 Å². The molecule has 0 aliphatic rings. The quantitative estimate of drug-likeness (QED) is 0.808. The lowest BCUT2D eigenvalue weighted by molar-refractivity contribution is -0.119. The van der Waals surface area contributed by atoms with Crippen molar-refractivity contribution in [2.75, 3.05) is 0 Å². The van der Waals surface area contributed by atoms with E-state index in [1.807, 2.05) is 32.0 Å². The van der Waals surface area contributed by atoms with Gasteiger partial charge in [0.05, 0.1) is 5.69 Å². The zero-order valence-electron chi connectivity index (χ0n) is 9.46. The van der Waals surface area contributed by atoms with E-state index in [0.717, 1.165) is 10.3 Å². The van der Waals surface area contributed by atoms with Gasteiger partial charge in [0.2, 0.25) is 5.91 Å². The predicted molar refractivity (Wildman–Crippen MR) is 66.7 cm³/mol. The summed E-state index contributed by atoms with van der Waals surface area (Å²) in [6.45, 7) is 4.49. The summed E-state index contributed by atoms with van der Waals surface area (Å²) < 4.78 is 0.805. The number of primary amides is 1. The second-order valence-corrected chi connectivity index (χ2v) is 5.14. The van der Waals surface area contributed by atoms with Crippen molar-refractivity contribution in [2.24, 2.45) is 5.73 Å².